The first-order chi connectivity index (χ1) is 17.8. The molecular formula is C27H31N3O7S. The number of benzene rings is 3. The molecule has 3 rings (SSSR count). The molecule has 0 unspecified atom stereocenters. The molecular weight excluding hydrogens is 510 g/mol. The number of hydrogen-bond acceptors (Lipinski definition) is 6. The number of ether oxygens (including phenoxy) is 1. The van der Waals surface area contributed by atoms with Crippen LogP contribution < -0.4 is 15.8 Å². The van der Waals surface area contributed by atoms with Crippen LogP contribution in [0.5, 0.6) is 5.75 Å². The molecule has 0 spiro atoms. The molecule has 0 saturated heterocycles. The number of nitrogens with two attached hydrogens (primary N) is 1. The third-order valence-corrected chi connectivity index (χ3v) is 5.10. The topological polar surface area (TPSA) is 180 Å². The smallest absolute Gasteiger partial charge is 0.336 e. The second-order valence-electron chi connectivity index (χ2n) is 8.77. The van der Waals surface area contributed by atoms with E-state index >= 15 is 0 Å². The van der Waals surface area contributed by atoms with Gasteiger partial charge in [-0.25, -0.2) is 4.79 Å². The van der Waals surface area contributed by atoms with Crippen molar-refractivity contribution < 1.29 is 32.4 Å². The SMILES string of the molecule is CC(C)CCOc1ccc(-c2ccccc2C(=O)Nc2ccc(C(=N)N)cc2)c(C(=O)O)c1.CS(=O)(=O)O. The second kappa shape index (κ2) is 13.4. The zero-order chi connectivity index (χ0) is 28.5. The Hall–Kier alpha value is -4.22. The zero-order valence-electron chi connectivity index (χ0n) is 21.3. The largest absolute Gasteiger partial charge is 0.494 e. The first kappa shape index (κ1) is 30.0. The van der Waals surface area contributed by atoms with E-state index in [0.717, 1.165) is 6.42 Å². The lowest BCUT2D eigenvalue weighted by Crippen LogP contribution is -2.15. The highest BCUT2D eigenvalue weighted by molar-refractivity contribution is 7.85. The number of nitrogens with one attached hydrogen (secondary N) is 2. The van der Waals surface area contributed by atoms with Crippen LogP contribution in [0.15, 0.2) is 66.7 Å². The van der Waals surface area contributed by atoms with Gasteiger partial charge in [-0.05, 0) is 72.0 Å². The van der Waals surface area contributed by atoms with E-state index in [2.05, 4.69) is 19.2 Å². The van der Waals surface area contributed by atoms with Crippen molar-refractivity contribution in [2.45, 2.75) is 20.3 Å². The first-order valence-corrected chi connectivity index (χ1v) is 13.4. The van der Waals surface area contributed by atoms with E-state index in [9.17, 15) is 23.1 Å². The minimum atomic E-state index is -3.67. The van der Waals surface area contributed by atoms with Gasteiger partial charge in [-0.2, -0.15) is 8.42 Å². The van der Waals surface area contributed by atoms with Crippen LogP contribution in [0.1, 0.15) is 46.5 Å². The molecule has 0 heterocycles. The van der Waals surface area contributed by atoms with Crippen molar-refractivity contribution in [2.24, 2.45) is 11.7 Å². The molecule has 38 heavy (non-hydrogen) atoms. The summed E-state index contributed by atoms with van der Waals surface area (Å²) in [6, 6.07) is 18.3. The Bertz CT molecular complexity index is 1390. The molecule has 0 aliphatic rings. The Kier molecular flexibility index (Phi) is 10.5. The summed E-state index contributed by atoms with van der Waals surface area (Å²) in [5, 5.41) is 20.1. The maximum atomic E-state index is 13.0. The molecule has 0 aliphatic carbocycles. The van der Waals surface area contributed by atoms with Crippen LogP contribution in [0.3, 0.4) is 0 Å². The molecule has 11 heteroatoms. The Balaban J connectivity index is 0.000000926. The summed E-state index contributed by atoms with van der Waals surface area (Å²) < 4.78 is 31.6. The van der Waals surface area contributed by atoms with Crippen molar-refractivity contribution >= 4 is 33.5 Å². The number of carbonyl (C=O) groups excluding carboxylic acids is 1. The van der Waals surface area contributed by atoms with Gasteiger partial charge in [-0.1, -0.05) is 32.0 Å². The van der Waals surface area contributed by atoms with E-state index < -0.39 is 16.1 Å². The van der Waals surface area contributed by atoms with Crippen LogP contribution in [-0.2, 0) is 10.1 Å². The number of nitrogen functional groups attached to an aromatic ring is 1. The predicted molar refractivity (Wildman–Crippen MR) is 147 cm³/mol. The van der Waals surface area contributed by atoms with E-state index in [1.165, 1.54) is 6.07 Å². The highest BCUT2D eigenvalue weighted by Gasteiger charge is 2.19. The average Bonchev–Trinajstić information content (AvgIpc) is 2.83. The van der Waals surface area contributed by atoms with Crippen molar-refractivity contribution in [3.05, 3.63) is 83.4 Å². The van der Waals surface area contributed by atoms with Crippen LogP contribution in [0.4, 0.5) is 5.69 Å². The number of amides is 1. The molecule has 3 aromatic carbocycles. The molecule has 0 atom stereocenters. The summed E-state index contributed by atoms with van der Waals surface area (Å²) in [6.45, 7) is 4.68. The van der Waals surface area contributed by atoms with Gasteiger partial charge in [-0.15, -0.1) is 0 Å². The van der Waals surface area contributed by atoms with E-state index in [1.807, 2.05) is 0 Å². The maximum Gasteiger partial charge on any atom is 0.336 e. The van der Waals surface area contributed by atoms with Crippen LogP contribution >= 0.6 is 0 Å². The molecule has 0 aliphatic heterocycles. The third kappa shape index (κ3) is 9.68. The molecule has 0 fully saturated rings. The van der Waals surface area contributed by atoms with Gasteiger partial charge in [0.25, 0.3) is 16.0 Å². The second-order valence-corrected chi connectivity index (χ2v) is 10.2. The quantitative estimate of drug-likeness (QED) is 0.149. The summed E-state index contributed by atoms with van der Waals surface area (Å²) in [4.78, 5) is 25.0. The van der Waals surface area contributed by atoms with Gasteiger partial charge in [0.1, 0.15) is 11.6 Å². The van der Waals surface area contributed by atoms with Gasteiger partial charge < -0.3 is 20.9 Å². The molecule has 0 radical (unpaired) electrons. The average molecular weight is 542 g/mol. The molecule has 10 nitrogen and oxygen atoms in total. The molecule has 0 saturated carbocycles. The van der Waals surface area contributed by atoms with E-state index in [0.29, 0.717) is 52.5 Å². The maximum absolute atomic E-state index is 13.0. The number of carbonyl (C=O) groups is 2. The van der Waals surface area contributed by atoms with E-state index in [1.54, 1.807) is 60.7 Å². The van der Waals surface area contributed by atoms with Gasteiger partial charge in [-0.3, -0.25) is 14.8 Å². The molecule has 0 aromatic heterocycles. The molecule has 6 N–H and O–H groups in total. The van der Waals surface area contributed by atoms with Crippen LogP contribution in [0, 0.1) is 11.3 Å². The van der Waals surface area contributed by atoms with E-state index in [-0.39, 0.29) is 17.3 Å². The van der Waals surface area contributed by atoms with Gasteiger partial charge in [0, 0.05) is 16.8 Å². The minimum Gasteiger partial charge on any atom is -0.494 e. The zero-order valence-corrected chi connectivity index (χ0v) is 22.1. The molecule has 0 bridgehead atoms. The summed E-state index contributed by atoms with van der Waals surface area (Å²) in [5.74, 6) is -0.586. The Morgan fingerprint density at radius 1 is 1.00 bits per heavy atom. The number of amidine groups is 1. The van der Waals surface area contributed by atoms with Crippen molar-refractivity contribution in [2.75, 3.05) is 18.2 Å². The minimum absolute atomic E-state index is 0.0584. The van der Waals surface area contributed by atoms with Crippen molar-refractivity contribution in [1.82, 2.24) is 0 Å². The highest BCUT2D eigenvalue weighted by atomic mass is 32.2. The number of anilines is 1. The monoisotopic (exact) mass is 541 g/mol. The Labute approximate surface area is 221 Å². The van der Waals surface area contributed by atoms with Crippen LogP contribution in [0.25, 0.3) is 11.1 Å². The normalized spacial score (nSPS) is 10.8. The lowest BCUT2D eigenvalue weighted by molar-refractivity contribution is 0.0696. The fourth-order valence-corrected chi connectivity index (χ4v) is 3.28. The lowest BCUT2D eigenvalue weighted by Gasteiger charge is -2.14. The van der Waals surface area contributed by atoms with Gasteiger partial charge in [0.2, 0.25) is 0 Å². The highest BCUT2D eigenvalue weighted by Crippen LogP contribution is 2.31. The van der Waals surface area contributed by atoms with Crippen molar-refractivity contribution in [3.63, 3.8) is 0 Å². The van der Waals surface area contributed by atoms with E-state index in [4.69, 9.17) is 20.4 Å². The summed E-state index contributed by atoms with van der Waals surface area (Å²) in [6.07, 6.45) is 1.58. The molecule has 3 aromatic rings. The molecule has 202 valence electrons. The van der Waals surface area contributed by atoms with Gasteiger partial charge in [0.15, 0.2) is 0 Å². The van der Waals surface area contributed by atoms with Crippen LogP contribution in [0.2, 0.25) is 0 Å². The fraction of sp³-hybridized carbons (Fsp3) is 0.222. The number of aromatic carboxylic acids is 1. The summed E-state index contributed by atoms with van der Waals surface area (Å²) in [7, 11) is -3.67. The third-order valence-electron chi connectivity index (χ3n) is 5.10. The van der Waals surface area contributed by atoms with Crippen LogP contribution in [-0.4, -0.2) is 48.7 Å². The predicted octanol–water partition coefficient (Wildman–Crippen LogP) is 4.52. The van der Waals surface area contributed by atoms with Crippen molar-refractivity contribution in [1.29, 1.82) is 5.41 Å². The Morgan fingerprint density at radius 2 is 1.58 bits per heavy atom. The Morgan fingerprint density at radius 3 is 2.13 bits per heavy atom. The summed E-state index contributed by atoms with van der Waals surface area (Å²) >= 11 is 0. The number of rotatable bonds is 9. The summed E-state index contributed by atoms with van der Waals surface area (Å²) in [5.41, 5.74) is 7.88. The standard InChI is InChI=1S/C26H27N3O4.CH4O3S/c1-16(2)13-14-33-19-11-12-21(23(15-19)26(31)32)20-5-3-4-6-22(20)25(30)29-18-9-7-17(8-10-18)24(27)28;1-5(2,3)4/h3-12,15-16H,13-14H2,1-2H3,(H3,27,28)(H,29,30)(H,31,32);1H3,(H,2,3,4). The van der Waals surface area contributed by atoms with Gasteiger partial charge >= 0.3 is 5.97 Å². The number of carboxylic acid groups (broad SMARTS) is 1. The van der Waals surface area contributed by atoms with Crippen molar-refractivity contribution in [3.8, 4) is 16.9 Å². The number of hydrogen-bond donors (Lipinski definition) is 5. The first-order valence-electron chi connectivity index (χ1n) is 11.5. The number of carboxylic acids is 1. The van der Waals surface area contributed by atoms with Gasteiger partial charge in [0.05, 0.1) is 18.4 Å². The molecule has 1 amide bonds. The fourth-order valence-electron chi connectivity index (χ4n) is 3.28. The lowest BCUT2D eigenvalue weighted by atomic mass is 9.94.